The number of rotatable bonds is 1. The lowest BCUT2D eigenvalue weighted by Crippen LogP contribution is -1.43. The fourth-order valence-electron chi connectivity index (χ4n) is 0.236. The standard InChI is InChI=1S/C5H10.C4H8/c1-3-5-4-2;1-3-4-2/h3,5H,4H2,1-2H3;3-4H,1-2H3/b;4-3+. The summed E-state index contributed by atoms with van der Waals surface area (Å²) in [6.45, 7) is 8.16. The van der Waals surface area contributed by atoms with Crippen LogP contribution in [0.4, 0.5) is 0 Å². The molecule has 0 aromatic rings. The summed E-state index contributed by atoms with van der Waals surface area (Å²) in [5.74, 6) is 0. The second-order valence-electron chi connectivity index (χ2n) is 1.64. The predicted octanol–water partition coefficient (Wildman–Crippen LogP) is 3.55. The molecule has 0 saturated heterocycles. The van der Waals surface area contributed by atoms with Crippen LogP contribution in [0.25, 0.3) is 0 Å². The van der Waals surface area contributed by atoms with Crippen LogP contribution in [-0.2, 0) is 0 Å². The van der Waals surface area contributed by atoms with Gasteiger partial charge in [0, 0.05) is 0 Å². The van der Waals surface area contributed by atoms with E-state index in [4.69, 9.17) is 0 Å². The molecule has 0 heteroatoms. The van der Waals surface area contributed by atoms with Crippen LogP contribution in [0.5, 0.6) is 0 Å². The van der Waals surface area contributed by atoms with Crippen molar-refractivity contribution in [3.05, 3.63) is 24.3 Å². The molecule has 9 heavy (non-hydrogen) atoms. The zero-order chi connectivity index (χ0) is 7.54. The highest BCUT2D eigenvalue weighted by atomic mass is 13.6. The zero-order valence-electron chi connectivity index (χ0n) is 7.02. The molecule has 0 saturated carbocycles. The van der Waals surface area contributed by atoms with E-state index in [-0.39, 0.29) is 0 Å². The van der Waals surface area contributed by atoms with Gasteiger partial charge in [0.25, 0.3) is 0 Å². The summed E-state index contributed by atoms with van der Waals surface area (Å²) in [4.78, 5) is 0. The van der Waals surface area contributed by atoms with Crippen molar-refractivity contribution in [1.82, 2.24) is 0 Å². The van der Waals surface area contributed by atoms with E-state index in [9.17, 15) is 0 Å². The average Bonchev–Trinajstić information content (AvgIpc) is 1.91. The molecule has 0 amide bonds. The van der Waals surface area contributed by atoms with Crippen molar-refractivity contribution in [2.24, 2.45) is 0 Å². The monoisotopic (exact) mass is 126 g/mol. The van der Waals surface area contributed by atoms with Gasteiger partial charge in [0.05, 0.1) is 0 Å². The van der Waals surface area contributed by atoms with E-state index >= 15 is 0 Å². The normalized spacial score (nSPS) is 9.78. The Morgan fingerprint density at radius 3 is 1.33 bits per heavy atom. The Bertz CT molecular complexity index is 64.1. The second kappa shape index (κ2) is 15.6. The summed E-state index contributed by atoms with van der Waals surface area (Å²) in [5, 5.41) is 0. The fourth-order valence-corrected chi connectivity index (χ4v) is 0.236. The minimum Gasteiger partial charge on any atom is -0.0919 e. The third kappa shape index (κ3) is 36.5. The SMILES string of the molecule is C/C=C/C.CC=CCC. The van der Waals surface area contributed by atoms with E-state index in [0.717, 1.165) is 6.42 Å². The van der Waals surface area contributed by atoms with Gasteiger partial charge in [-0.05, 0) is 27.2 Å². The van der Waals surface area contributed by atoms with Crippen LogP contribution in [0.3, 0.4) is 0 Å². The molecule has 0 heterocycles. The molecule has 0 atom stereocenters. The van der Waals surface area contributed by atoms with Gasteiger partial charge in [-0.15, -0.1) is 0 Å². The van der Waals surface area contributed by atoms with E-state index in [2.05, 4.69) is 19.1 Å². The summed E-state index contributed by atoms with van der Waals surface area (Å²) in [7, 11) is 0. The lowest BCUT2D eigenvalue weighted by atomic mass is 10.4. The van der Waals surface area contributed by atoms with Crippen molar-refractivity contribution >= 4 is 0 Å². The minimum atomic E-state index is 1.16. The van der Waals surface area contributed by atoms with Gasteiger partial charge in [-0.3, -0.25) is 0 Å². The van der Waals surface area contributed by atoms with E-state index in [0.29, 0.717) is 0 Å². The molecule has 54 valence electrons. The molecule has 0 nitrogen and oxygen atoms in total. The van der Waals surface area contributed by atoms with Crippen molar-refractivity contribution < 1.29 is 0 Å². The molecular weight excluding hydrogens is 108 g/mol. The maximum atomic E-state index is 2.12. The van der Waals surface area contributed by atoms with Crippen molar-refractivity contribution in [3.8, 4) is 0 Å². The molecule has 0 unspecified atom stereocenters. The van der Waals surface area contributed by atoms with Crippen LogP contribution < -0.4 is 0 Å². The van der Waals surface area contributed by atoms with E-state index in [1.807, 2.05) is 32.9 Å². The second-order valence-corrected chi connectivity index (χ2v) is 1.64. The summed E-state index contributed by atoms with van der Waals surface area (Å²) in [6.07, 6.45) is 9.34. The summed E-state index contributed by atoms with van der Waals surface area (Å²) < 4.78 is 0. The first-order valence-electron chi connectivity index (χ1n) is 3.51. The Morgan fingerprint density at radius 1 is 0.889 bits per heavy atom. The molecule has 0 fully saturated rings. The fraction of sp³-hybridized carbons (Fsp3) is 0.556. The molecule has 0 aliphatic carbocycles. The molecule has 0 aromatic carbocycles. The lowest BCUT2D eigenvalue weighted by Gasteiger charge is -1.65. The Balaban J connectivity index is 0. The van der Waals surface area contributed by atoms with Gasteiger partial charge in [-0.2, -0.15) is 0 Å². The smallest absolute Gasteiger partial charge is 0.0379 e. The highest BCUT2D eigenvalue weighted by Gasteiger charge is 1.52. The van der Waals surface area contributed by atoms with Crippen LogP contribution in [0, 0.1) is 0 Å². The van der Waals surface area contributed by atoms with Crippen LogP contribution in [0.15, 0.2) is 24.3 Å². The zero-order valence-corrected chi connectivity index (χ0v) is 7.02. The lowest BCUT2D eigenvalue weighted by molar-refractivity contribution is 1.22. The summed E-state index contributed by atoms with van der Waals surface area (Å²) in [5.41, 5.74) is 0. The van der Waals surface area contributed by atoms with Crippen LogP contribution in [-0.4, -0.2) is 0 Å². The molecule has 0 bridgehead atoms. The molecule has 0 aromatic heterocycles. The molecule has 0 aliphatic rings. The van der Waals surface area contributed by atoms with E-state index in [1.165, 1.54) is 0 Å². The quantitative estimate of drug-likeness (QED) is 0.471. The Kier molecular flexibility index (Phi) is 19.6. The molecule has 0 aliphatic heterocycles. The first-order valence-corrected chi connectivity index (χ1v) is 3.51. The summed E-state index contributed by atoms with van der Waals surface area (Å²) >= 11 is 0. The maximum Gasteiger partial charge on any atom is -0.0379 e. The van der Waals surface area contributed by atoms with Crippen LogP contribution >= 0.6 is 0 Å². The molecular formula is C9H18. The highest BCUT2D eigenvalue weighted by Crippen LogP contribution is 1.73. The van der Waals surface area contributed by atoms with Gasteiger partial charge in [-0.25, -0.2) is 0 Å². The molecule has 0 rings (SSSR count). The third-order valence-electron chi connectivity index (χ3n) is 0.805. The largest absolute Gasteiger partial charge is 0.0919 e. The van der Waals surface area contributed by atoms with Gasteiger partial charge in [0.1, 0.15) is 0 Å². The maximum absolute atomic E-state index is 2.12. The molecule has 0 spiro atoms. The van der Waals surface area contributed by atoms with Gasteiger partial charge in [0.15, 0.2) is 0 Å². The number of hydrogen-bond acceptors (Lipinski definition) is 0. The Hall–Kier alpha value is -0.520. The topological polar surface area (TPSA) is 0 Å². The number of hydrogen-bond donors (Lipinski definition) is 0. The Labute approximate surface area is 59.3 Å². The van der Waals surface area contributed by atoms with Gasteiger partial charge >= 0.3 is 0 Å². The van der Waals surface area contributed by atoms with E-state index in [1.54, 1.807) is 0 Å². The van der Waals surface area contributed by atoms with Crippen molar-refractivity contribution in [1.29, 1.82) is 0 Å². The van der Waals surface area contributed by atoms with Gasteiger partial charge in [0.2, 0.25) is 0 Å². The highest BCUT2D eigenvalue weighted by molar-refractivity contribution is 4.73. The first kappa shape index (κ1) is 11.3. The number of allylic oxidation sites excluding steroid dienone is 4. The Morgan fingerprint density at radius 2 is 1.33 bits per heavy atom. The predicted molar refractivity (Wildman–Crippen MR) is 45.6 cm³/mol. The van der Waals surface area contributed by atoms with E-state index < -0.39 is 0 Å². The average molecular weight is 126 g/mol. The van der Waals surface area contributed by atoms with Gasteiger partial charge in [-0.1, -0.05) is 31.2 Å². The van der Waals surface area contributed by atoms with Crippen molar-refractivity contribution in [2.75, 3.05) is 0 Å². The van der Waals surface area contributed by atoms with Crippen molar-refractivity contribution in [2.45, 2.75) is 34.1 Å². The first-order chi connectivity index (χ1) is 4.33. The van der Waals surface area contributed by atoms with Crippen LogP contribution in [0.1, 0.15) is 34.1 Å². The molecule has 0 N–H and O–H groups in total. The van der Waals surface area contributed by atoms with Crippen molar-refractivity contribution in [3.63, 3.8) is 0 Å². The minimum absolute atomic E-state index is 1.16. The third-order valence-corrected chi connectivity index (χ3v) is 0.805. The van der Waals surface area contributed by atoms with Gasteiger partial charge < -0.3 is 0 Å². The summed E-state index contributed by atoms with van der Waals surface area (Å²) in [6, 6.07) is 0. The van der Waals surface area contributed by atoms with Crippen LogP contribution in [0.2, 0.25) is 0 Å². The molecule has 0 radical (unpaired) electrons.